The van der Waals surface area contributed by atoms with Gasteiger partial charge in [-0.15, -0.1) is 0 Å². The molecule has 34 heavy (non-hydrogen) atoms. The second kappa shape index (κ2) is 12.6. The van der Waals surface area contributed by atoms with E-state index in [-0.39, 0.29) is 24.2 Å². The third-order valence-electron chi connectivity index (χ3n) is 6.05. The zero-order chi connectivity index (χ0) is 23.6. The van der Waals surface area contributed by atoms with Gasteiger partial charge in [0, 0.05) is 24.4 Å². The topological polar surface area (TPSA) is 39.7 Å². The molecule has 2 unspecified atom stereocenters. The summed E-state index contributed by atoms with van der Waals surface area (Å²) in [6, 6.07) is 22.0. The molecule has 0 spiro atoms. The Morgan fingerprint density at radius 2 is 1.59 bits per heavy atom. The summed E-state index contributed by atoms with van der Waals surface area (Å²) in [5.41, 5.74) is 2.28. The average molecular weight is 468 g/mol. The number of nitrogens with one attached hydrogen (secondary N) is 1. The van der Waals surface area contributed by atoms with Crippen LogP contribution in [0.15, 0.2) is 72.8 Å². The minimum atomic E-state index is -0.577. The van der Waals surface area contributed by atoms with E-state index in [2.05, 4.69) is 17.4 Å². The molecule has 4 rings (SSSR count). The lowest BCUT2D eigenvalue weighted by Gasteiger charge is -2.32. The van der Waals surface area contributed by atoms with E-state index in [0.29, 0.717) is 26.4 Å². The van der Waals surface area contributed by atoms with Crippen LogP contribution in [-0.2, 0) is 22.7 Å². The number of hydrogen-bond acceptors (Lipinski definition) is 4. The van der Waals surface area contributed by atoms with Crippen LogP contribution < -0.4 is 10.1 Å². The van der Waals surface area contributed by atoms with Crippen LogP contribution in [0, 0.1) is 11.6 Å². The van der Waals surface area contributed by atoms with Crippen molar-refractivity contribution in [2.75, 3.05) is 26.3 Å². The first kappa shape index (κ1) is 24.3. The SMILES string of the molecule is Fc1cccc(F)c1COC1CNCCC1c1ccc(OCCCOCc2ccccc2)cc1. The Kier molecular flexibility index (Phi) is 9.02. The van der Waals surface area contributed by atoms with Crippen LogP contribution in [0.4, 0.5) is 8.78 Å². The van der Waals surface area contributed by atoms with Gasteiger partial charge in [-0.1, -0.05) is 48.5 Å². The maximum atomic E-state index is 14.0. The molecule has 6 heteroatoms. The fourth-order valence-corrected chi connectivity index (χ4v) is 4.17. The Balaban J connectivity index is 1.23. The highest BCUT2D eigenvalue weighted by Crippen LogP contribution is 2.30. The summed E-state index contributed by atoms with van der Waals surface area (Å²) in [4.78, 5) is 0. The number of benzene rings is 3. The Hall–Kier alpha value is -2.80. The van der Waals surface area contributed by atoms with E-state index < -0.39 is 11.6 Å². The quantitative estimate of drug-likeness (QED) is 0.372. The highest BCUT2D eigenvalue weighted by Gasteiger charge is 2.27. The summed E-state index contributed by atoms with van der Waals surface area (Å²) in [6.07, 6.45) is 1.54. The van der Waals surface area contributed by atoms with Gasteiger partial charge < -0.3 is 19.5 Å². The molecule has 0 saturated carbocycles. The molecule has 0 bridgehead atoms. The largest absolute Gasteiger partial charge is 0.494 e. The van der Waals surface area contributed by atoms with Gasteiger partial charge in [0.1, 0.15) is 17.4 Å². The van der Waals surface area contributed by atoms with Crippen LogP contribution in [0.5, 0.6) is 5.75 Å². The highest BCUT2D eigenvalue weighted by atomic mass is 19.1. The van der Waals surface area contributed by atoms with Crippen molar-refractivity contribution in [3.8, 4) is 5.75 Å². The van der Waals surface area contributed by atoms with Gasteiger partial charge in [-0.3, -0.25) is 0 Å². The Morgan fingerprint density at radius 1 is 0.824 bits per heavy atom. The van der Waals surface area contributed by atoms with Crippen LogP contribution in [0.2, 0.25) is 0 Å². The smallest absolute Gasteiger partial charge is 0.131 e. The predicted octanol–water partition coefficient (Wildman–Crippen LogP) is 5.61. The maximum Gasteiger partial charge on any atom is 0.131 e. The van der Waals surface area contributed by atoms with Gasteiger partial charge in [0.25, 0.3) is 0 Å². The molecule has 1 saturated heterocycles. The second-order valence-corrected chi connectivity index (χ2v) is 8.46. The average Bonchev–Trinajstić information content (AvgIpc) is 2.87. The first-order valence-electron chi connectivity index (χ1n) is 11.8. The van der Waals surface area contributed by atoms with Crippen molar-refractivity contribution in [3.63, 3.8) is 0 Å². The number of hydrogen-bond donors (Lipinski definition) is 1. The molecule has 4 nitrogen and oxygen atoms in total. The molecule has 1 aliphatic rings. The summed E-state index contributed by atoms with van der Waals surface area (Å²) >= 11 is 0. The fraction of sp³-hybridized carbons (Fsp3) is 0.357. The zero-order valence-corrected chi connectivity index (χ0v) is 19.2. The molecule has 3 aromatic carbocycles. The van der Waals surface area contributed by atoms with E-state index in [1.807, 2.05) is 42.5 Å². The van der Waals surface area contributed by atoms with Crippen LogP contribution >= 0.6 is 0 Å². The minimum Gasteiger partial charge on any atom is -0.494 e. The van der Waals surface area contributed by atoms with Gasteiger partial charge in [-0.05, 0) is 48.4 Å². The highest BCUT2D eigenvalue weighted by molar-refractivity contribution is 5.30. The number of piperidine rings is 1. The third kappa shape index (κ3) is 6.86. The van der Waals surface area contributed by atoms with Crippen molar-refractivity contribution in [1.29, 1.82) is 0 Å². The van der Waals surface area contributed by atoms with Crippen molar-refractivity contribution in [2.24, 2.45) is 0 Å². The first-order valence-corrected chi connectivity index (χ1v) is 11.8. The monoisotopic (exact) mass is 467 g/mol. The van der Waals surface area contributed by atoms with Gasteiger partial charge in [-0.25, -0.2) is 8.78 Å². The van der Waals surface area contributed by atoms with E-state index in [1.165, 1.54) is 23.8 Å². The van der Waals surface area contributed by atoms with Crippen molar-refractivity contribution >= 4 is 0 Å². The van der Waals surface area contributed by atoms with Crippen molar-refractivity contribution in [3.05, 3.63) is 101 Å². The Morgan fingerprint density at radius 3 is 2.35 bits per heavy atom. The number of halogens is 2. The van der Waals surface area contributed by atoms with E-state index in [9.17, 15) is 8.78 Å². The Labute approximate surface area is 199 Å². The van der Waals surface area contributed by atoms with E-state index in [1.54, 1.807) is 0 Å². The van der Waals surface area contributed by atoms with Crippen molar-refractivity contribution in [2.45, 2.75) is 38.1 Å². The molecule has 2 atom stereocenters. The molecular weight excluding hydrogens is 436 g/mol. The summed E-state index contributed by atoms with van der Waals surface area (Å²) in [7, 11) is 0. The van der Waals surface area contributed by atoms with Gasteiger partial charge in [0.2, 0.25) is 0 Å². The summed E-state index contributed by atoms with van der Waals surface area (Å²) in [6.45, 7) is 3.26. The molecule has 3 aromatic rings. The van der Waals surface area contributed by atoms with Crippen molar-refractivity contribution < 1.29 is 23.0 Å². The van der Waals surface area contributed by atoms with Gasteiger partial charge in [-0.2, -0.15) is 0 Å². The van der Waals surface area contributed by atoms with Gasteiger partial charge in [0.15, 0.2) is 0 Å². The summed E-state index contributed by atoms with van der Waals surface area (Å²) in [5.74, 6) is -0.192. The molecule has 0 radical (unpaired) electrons. The van der Waals surface area contributed by atoms with E-state index >= 15 is 0 Å². The van der Waals surface area contributed by atoms with Crippen LogP contribution in [0.3, 0.4) is 0 Å². The third-order valence-corrected chi connectivity index (χ3v) is 6.05. The normalized spacial score (nSPS) is 18.1. The summed E-state index contributed by atoms with van der Waals surface area (Å²) in [5, 5.41) is 3.32. The lowest BCUT2D eigenvalue weighted by Crippen LogP contribution is -2.41. The molecule has 1 aliphatic heterocycles. The van der Waals surface area contributed by atoms with Crippen molar-refractivity contribution in [1.82, 2.24) is 5.32 Å². The lowest BCUT2D eigenvalue weighted by molar-refractivity contribution is 0.00808. The summed E-state index contributed by atoms with van der Waals surface area (Å²) < 4.78 is 45.4. The standard InChI is InChI=1S/C28H31F2NO3/c29-26-8-4-9-27(30)25(26)20-34-28-18-31-15-14-24(28)22-10-12-23(13-11-22)33-17-5-16-32-19-21-6-2-1-3-7-21/h1-4,6-13,24,28,31H,5,14-20H2. The minimum absolute atomic E-state index is 0.0247. The second-order valence-electron chi connectivity index (χ2n) is 8.46. The Bertz CT molecular complexity index is 994. The van der Waals surface area contributed by atoms with E-state index in [4.69, 9.17) is 14.2 Å². The molecular formula is C28H31F2NO3. The molecule has 1 fully saturated rings. The van der Waals surface area contributed by atoms with E-state index in [0.717, 1.165) is 30.7 Å². The van der Waals surface area contributed by atoms with Crippen LogP contribution in [0.1, 0.15) is 35.4 Å². The predicted molar refractivity (Wildman–Crippen MR) is 128 cm³/mol. The molecule has 180 valence electrons. The lowest BCUT2D eigenvalue weighted by atomic mass is 9.87. The zero-order valence-electron chi connectivity index (χ0n) is 19.2. The molecule has 0 aromatic heterocycles. The number of rotatable bonds is 11. The maximum absolute atomic E-state index is 14.0. The van der Waals surface area contributed by atoms with Gasteiger partial charge in [0.05, 0.1) is 32.5 Å². The number of ether oxygens (including phenoxy) is 3. The molecule has 1 N–H and O–H groups in total. The molecule has 0 aliphatic carbocycles. The molecule has 0 amide bonds. The molecule has 1 heterocycles. The van der Waals surface area contributed by atoms with Gasteiger partial charge >= 0.3 is 0 Å². The first-order chi connectivity index (χ1) is 16.7. The fourth-order valence-electron chi connectivity index (χ4n) is 4.17. The van der Waals surface area contributed by atoms with Crippen LogP contribution in [0.25, 0.3) is 0 Å². The van der Waals surface area contributed by atoms with Crippen LogP contribution in [-0.4, -0.2) is 32.4 Å².